The van der Waals surface area contributed by atoms with E-state index in [0.717, 1.165) is 5.92 Å². The molecule has 0 radical (unpaired) electrons. The molecule has 2 fully saturated rings. The van der Waals surface area contributed by atoms with Gasteiger partial charge in [0.2, 0.25) is 0 Å². The van der Waals surface area contributed by atoms with E-state index in [0.29, 0.717) is 5.41 Å². The van der Waals surface area contributed by atoms with Crippen molar-refractivity contribution in [2.45, 2.75) is 11.8 Å². The smallest absolute Gasteiger partial charge is 0.0124 e. The first-order valence-electron chi connectivity index (χ1n) is 6.46. The Morgan fingerprint density at radius 2 is 1.89 bits per heavy atom. The van der Waals surface area contributed by atoms with Crippen molar-refractivity contribution >= 4 is 23.2 Å². The summed E-state index contributed by atoms with van der Waals surface area (Å²) in [6, 6.07) is 15.7. The maximum absolute atomic E-state index is 2.48. The highest BCUT2D eigenvalue weighted by atomic mass is 35.5. The molecule has 0 amide bonds. The molecule has 18 heavy (non-hydrogen) atoms. The minimum absolute atomic E-state index is 0. The third-order valence-electron chi connectivity index (χ3n) is 4.64. The highest BCUT2D eigenvalue weighted by Gasteiger charge is 2.59. The summed E-state index contributed by atoms with van der Waals surface area (Å²) in [5.74, 6) is 0.911. The Kier molecular flexibility index (Phi) is 2.65. The van der Waals surface area contributed by atoms with Gasteiger partial charge >= 0.3 is 0 Å². The maximum atomic E-state index is 2.48. The second kappa shape index (κ2) is 3.97. The van der Waals surface area contributed by atoms with Gasteiger partial charge in [0, 0.05) is 18.5 Å². The fourth-order valence-electron chi connectivity index (χ4n) is 3.68. The molecule has 4 rings (SSSR count). The van der Waals surface area contributed by atoms with Gasteiger partial charge in [-0.3, -0.25) is 0 Å². The fourth-order valence-corrected chi connectivity index (χ4v) is 3.68. The monoisotopic (exact) mass is 259 g/mol. The number of likely N-dealkylation sites (N-methyl/N-ethyl adjacent to an activating group) is 1. The van der Waals surface area contributed by atoms with Crippen molar-refractivity contribution in [1.29, 1.82) is 0 Å². The Morgan fingerprint density at radius 1 is 1.11 bits per heavy atom. The largest absolute Gasteiger partial charge is 0.305 e. The second-order valence-corrected chi connectivity index (χ2v) is 5.82. The van der Waals surface area contributed by atoms with Crippen molar-refractivity contribution < 1.29 is 0 Å². The zero-order valence-electron chi connectivity index (χ0n) is 10.6. The van der Waals surface area contributed by atoms with E-state index in [2.05, 4.69) is 54.4 Å². The summed E-state index contributed by atoms with van der Waals surface area (Å²) in [7, 11) is 2.24. The number of fused-ring (bicyclic) bond motifs is 2. The highest BCUT2D eigenvalue weighted by Crippen LogP contribution is 2.58. The first-order chi connectivity index (χ1) is 8.28. The topological polar surface area (TPSA) is 3.24 Å². The molecule has 2 heteroatoms. The standard InChI is InChI=1S/C16H17N.ClH/c1-17-10-15-9-16(15,11-17)14-7-6-12-4-2-3-5-13(12)8-14;/h2-8,15H,9-11H2,1H3;1H/t15-,16-;/m0./s1. The Balaban J connectivity index is 0.000001000. The minimum atomic E-state index is 0. The van der Waals surface area contributed by atoms with Crippen LogP contribution in [0.3, 0.4) is 0 Å². The van der Waals surface area contributed by atoms with Gasteiger partial charge < -0.3 is 4.90 Å². The molecule has 0 aromatic heterocycles. The second-order valence-electron chi connectivity index (χ2n) is 5.82. The molecular weight excluding hydrogens is 242 g/mol. The molecular formula is C16H18ClN. The van der Waals surface area contributed by atoms with Gasteiger partial charge in [-0.25, -0.2) is 0 Å². The van der Waals surface area contributed by atoms with E-state index < -0.39 is 0 Å². The first kappa shape index (κ1) is 12.0. The van der Waals surface area contributed by atoms with Gasteiger partial charge in [-0.05, 0) is 35.7 Å². The zero-order chi connectivity index (χ0) is 11.5. The van der Waals surface area contributed by atoms with Gasteiger partial charge in [0.1, 0.15) is 0 Å². The highest BCUT2D eigenvalue weighted by molar-refractivity contribution is 5.85. The number of likely N-dealkylation sites (tertiary alicyclic amines) is 1. The summed E-state index contributed by atoms with van der Waals surface area (Å²) in [6.07, 6.45) is 1.40. The molecule has 1 heterocycles. The molecule has 0 unspecified atom stereocenters. The van der Waals surface area contributed by atoms with Crippen molar-refractivity contribution in [3.63, 3.8) is 0 Å². The van der Waals surface area contributed by atoms with Crippen LogP contribution >= 0.6 is 12.4 Å². The first-order valence-corrected chi connectivity index (χ1v) is 6.46. The van der Waals surface area contributed by atoms with Gasteiger partial charge in [-0.15, -0.1) is 12.4 Å². The lowest BCUT2D eigenvalue weighted by molar-refractivity contribution is 0.363. The van der Waals surface area contributed by atoms with Crippen LogP contribution in [0.4, 0.5) is 0 Å². The number of hydrogen-bond donors (Lipinski definition) is 0. The molecule has 0 bridgehead atoms. The van der Waals surface area contributed by atoms with Gasteiger partial charge in [-0.1, -0.05) is 42.5 Å². The van der Waals surface area contributed by atoms with Gasteiger partial charge in [0.25, 0.3) is 0 Å². The summed E-state index contributed by atoms with van der Waals surface area (Å²) >= 11 is 0. The predicted molar refractivity (Wildman–Crippen MR) is 78.5 cm³/mol. The molecule has 1 saturated carbocycles. The average molecular weight is 260 g/mol. The van der Waals surface area contributed by atoms with E-state index in [1.165, 1.54) is 30.3 Å². The molecule has 1 saturated heterocycles. The normalized spacial score (nSPS) is 29.9. The fraction of sp³-hybridized carbons (Fsp3) is 0.375. The number of halogens is 1. The molecule has 2 aromatic rings. The summed E-state index contributed by atoms with van der Waals surface area (Å²) in [5.41, 5.74) is 2.06. The summed E-state index contributed by atoms with van der Waals surface area (Å²) in [4.78, 5) is 2.48. The molecule has 2 atom stereocenters. The van der Waals surface area contributed by atoms with Crippen LogP contribution in [0, 0.1) is 5.92 Å². The Bertz CT molecular complexity index is 594. The SMILES string of the molecule is CN1C[C@@H]2C[C@@]2(c2ccc3ccccc3c2)C1.Cl. The quantitative estimate of drug-likeness (QED) is 0.758. The third-order valence-corrected chi connectivity index (χ3v) is 4.64. The van der Waals surface area contributed by atoms with Gasteiger partial charge in [0.05, 0.1) is 0 Å². The molecule has 1 aliphatic carbocycles. The number of hydrogen-bond acceptors (Lipinski definition) is 1. The van der Waals surface area contributed by atoms with E-state index in [-0.39, 0.29) is 12.4 Å². The van der Waals surface area contributed by atoms with Gasteiger partial charge in [0.15, 0.2) is 0 Å². The summed E-state index contributed by atoms with van der Waals surface area (Å²) < 4.78 is 0. The van der Waals surface area contributed by atoms with Crippen molar-refractivity contribution in [2.24, 2.45) is 5.92 Å². The van der Waals surface area contributed by atoms with Crippen LogP contribution in [-0.4, -0.2) is 25.0 Å². The van der Waals surface area contributed by atoms with Crippen LogP contribution < -0.4 is 0 Å². The van der Waals surface area contributed by atoms with Crippen LogP contribution in [0.5, 0.6) is 0 Å². The van der Waals surface area contributed by atoms with Crippen molar-refractivity contribution in [3.8, 4) is 0 Å². The van der Waals surface area contributed by atoms with Crippen molar-refractivity contribution in [2.75, 3.05) is 20.1 Å². The average Bonchev–Trinajstić information content (AvgIpc) is 2.93. The molecule has 94 valence electrons. The minimum Gasteiger partial charge on any atom is -0.305 e. The Labute approximate surface area is 114 Å². The molecule has 2 aromatic carbocycles. The predicted octanol–water partition coefficient (Wildman–Crippen LogP) is 3.46. The van der Waals surface area contributed by atoms with Crippen LogP contribution in [0.25, 0.3) is 10.8 Å². The summed E-state index contributed by atoms with van der Waals surface area (Å²) in [6.45, 7) is 2.53. The number of benzene rings is 2. The third kappa shape index (κ3) is 1.58. The molecule has 0 spiro atoms. The number of rotatable bonds is 1. The van der Waals surface area contributed by atoms with E-state index in [1.807, 2.05) is 0 Å². The van der Waals surface area contributed by atoms with E-state index >= 15 is 0 Å². The Hall–Kier alpha value is -1.05. The van der Waals surface area contributed by atoms with Crippen molar-refractivity contribution in [1.82, 2.24) is 4.90 Å². The lowest BCUT2D eigenvalue weighted by Gasteiger charge is -2.17. The molecule has 1 nitrogen and oxygen atoms in total. The lowest BCUT2D eigenvalue weighted by atomic mass is 9.93. The number of piperidine rings is 1. The molecule has 0 N–H and O–H groups in total. The van der Waals surface area contributed by atoms with Crippen LogP contribution in [0.1, 0.15) is 12.0 Å². The van der Waals surface area contributed by atoms with Crippen molar-refractivity contribution in [3.05, 3.63) is 48.0 Å². The lowest BCUT2D eigenvalue weighted by Crippen LogP contribution is -2.22. The summed E-state index contributed by atoms with van der Waals surface area (Å²) in [5, 5.41) is 2.75. The molecule has 1 aliphatic heterocycles. The van der Waals surface area contributed by atoms with Crippen LogP contribution in [0.15, 0.2) is 42.5 Å². The van der Waals surface area contributed by atoms with E-state index in [1.54, 1.807) is 5.56 Å². The Morgan fingerprint density at radius 3 is 2.61 bits per heavy atom. The zero-order valence-corrected chi connectivity index (χ0v) is 11.4. The van der Waals surface area contributed by atoms with Crippen LogP contribution in [-0.2, 0) is 5.41 Å². The van der Waals surface area contributed by atoms with Gasteiger partial charge in [-0.2, -0.15) is 0 Å². The van der Waals surface area contributed by atoms with E-state index in [4.69, 9.17) is 0 Å². The molecule has 2 aliphatic rings. The number of nitrogens with zero attached hydrogens (tertiary/aromatic N) is 1. The van der Waals surface area contributed by atoms with E-state index in [9.17, 15) is 0 Å². The maximum Gasteiger partial charge on any atom is 0.0124 e. The van der Waals surface area contributed by atoms with Crippen LogP contribution in [0.2, 0.25) is 0 Å².